The fourth-order valence-corrected chi connectivity index (χ4v) is 1.41. The maximum absolute atomic E-state index is 12.4. The number of benzene rings is 1. The number of alkyl halides is 3. The second kappa shape index (κ2) is 5.92. The molecule has 0 aliphatic rings. The maximum Gasteiger partial charge on any atom is 0.416 e. The number of carbonyl (C=O) groups excluding carboxylic acids is 1. The summed E-state index contributed by atoms with van der Waals surface area (Å²) in [5.41, 5.74) is 4.61. The van der Waals surface area contributed by atoms with Crippen molar-refractivity contribution in [2.24, 2.45) is 0 Å². The van der Waals surface area contributed by atoms with E-state index in [1.54, 1.807) is 13.8 Å². The molecule has 1 rings (SSSR count). The van der Waals surface area contributed by atoms with Crippen molar-refractivity contribution in [1.29, 1.82) is 0 Å². The summed E-state index contributed by atoms with van der Waals surface area (Å²) in [7, 11) is 0. The van der Waals surface area contributed by atoms with E-state index in [1.807, 2.05) is 0 Å². The van der Waals surface area contributed by atoms with Crippen LogP contribution in [0.3, 0.4) is 0 Å². The average molecular weight is 276 g/mol. The maximum atomic E-state index is 12.4. The monoisotopic (exact) mass is 276 g/mol. The second-order valence-corrected chi connectivity index (χ2v) is 3.89. The molecule has 0 saturated carbocycles. The van der Waals surface area contributed by atoms with Gasteiger partial charge in [0.05, 0.1) is 16.9 Å². The van der Waals surface area contributed by atoms with Crippen LogP contribution in [0.2, 0.25) is 0 Å². The Morgan fingerprint density at radius 2 is 2.11 bits per heavy atom. The zero-order valence-corrected chi connectivity index (χ0v) is 10.5. The fraction of sp³-hybridized carbons (Fsp3) is 0.417. The molecule has 0 radical (unpaired) electrons. The van der Waals surface area contributed by atoms with Crippen molar-refractivity contribution in [3.63, 3.8) is 0 Å². The topological polar surface area (TPSA) is 64.3 Å². The van der Waals surface area contributed by atoms with E-state index in [0.717, 1.165) is 18.2 Å². The number of anilines is 2. The number of nitrogens with two attached hydrogens (primary N) is 1. The number of nitrogen functional groups attached to an aromatic ring is 1. The minimum atomic E-state index is -4.46. The summed E-state index contributed by atoms with van der Waals surface area (Å²) < 4.78 is 42.3. The van der Waals surface area contributed by atoms with Crippen LogP contribution >= 0.6 is 0 Å². The van der Waals surface area contributed by atoms with E-state index in [-0.39, 0.29) is 11.4 Å². The number of hydrogen-bond acceptors (Lipinski definition) is 3. The Labute approximate surface area is 108 Å². The molecule has 4 nitrogen and oxygen atoms in total. The van der Waals surface area contributed by atoms with Crippen LogP contribution in [0.5, 0.6) is 0 Å². The van der Waals surface area contributed by atoms with Gasteiger partial charge in [0.15, 0.2) is 0 Å². The van der Waals surface area contributed by atoms with E-state index in [0.29, 0.717) is 6.61 Å². The molecule has 0 spiro atoms. The third-order valence-corrected chi connectivity index (χ3v) is 2.42. The van der Waals surface area contributed by atoms with Gasteiger partial charge >= 0.3 is 6.18 Å². The molecular formula is C12H15F3N2O2. The molecule has 1 unspecified atom stereocenters. The summed E-state index contributed by atoms with van der Waals surface area (Å²) in [6.07, 6.45) is -5.17. The highest BCUT2D eigenvalue weighted by atomic mass is 19.4. The van der Waals surface area contributed by atoms with Gasteiger partial charge in [-0.2, -0.15) is 13.2 Å². The number of nitrogens with one attached hydrogen (secondary N) is 1. The predicted octanol–water partition coefficient (Wildman–Crippen LogP) is 2.65. The fourth-order valence-electron chi connectivity index (χ4n) is 1.41. The molecule has 0 saturated heterocycles. The molecule has 0 aliphatic carbocycles. The van der Waals surface area contributed by atoms with Crippen LogP contribution in [0.15, 0.2) is 18.2 Å². The Kier molecular flexibility index (Phi) is 4.77. The first-order chi connectivity index (χ1) is 8.75. The number of amides is 1. The minimum absolute atomic E-state index is 0.129. The summed E-state index contributed by atoms with van der Waals surface area (Å²) in [5, 5.41) is 2.42. The van der Waals surface area contributed by atoms with Crippen molar-refractivity contribution in [2.45, 2.75) is 26.1 Å². The van der Waals surface area contributed by atoms with Gasteiger partial charge < -0.3 is 15.8 Å². The van der Waals surface area contributed by atoms with Crippen LogP contribution in [0.4, 0.5) is 24.5 Å². The molecule has 0 heterocycles. The van der Waals surface area contributed by atoms with Gasteiger partial charge in [0.25, 0.3) is 5.91 Å². The zero-order chi connectivity index (χ0) is 14.6. The van der Waals surface area contributed by atoms with Crippen molar-refractivity contribution >= 4 is 17.3 Å². The standard InChI is InChI=1S/C12H15F3N2O2/c1-3-19-7(2)11(18)17-10-5-4-8(6-9(10)16)12(13,14)15/h4-7H,3,16H2,1-2H3,(H,17,18). The first kappa shape index (κ1) is 15.3. The van der Waals surface area contributed by atoms with E-state index in [9.17, 15) is 18.0 Å². The lowest BCUT2D eigenvalue weighted by molar-refractivity contribution is -0.137. The van der Waals surface area contributed by atoms with Crippen molar-refractivity contribution < 1.29 is 22.7 Å². The molecule has 0 fully saturated rings. The zero-order valence-electron chi connectivity index (χ0n) is 10.5. The van der Waals surface area contributed by atoms with Crippen LogP contribution in [0, 0.1) is 0 Å². The van der Waals surface area contributed by atoms with Gasteiger partial charge in [-0.15, -0.1) is 0 Å². The summed E-state index contributed by atoms with van der Waals surface area (Å²) in [5.74, 6) is -0.465. The Bertz CT molecular complexity index is 461. The van der Waals surface area contributed by atoms with Gasteiger partial charge in [-0.1, -0.05) is 0 Å². The van der Waals surface area contributed by atoms with Crippen LogP contribution < -0.4 is 11.1 Å². The van der Waals surface area contributed by atoms with E-state index in [4.69, 9.17) is 10.5 Å². The number of ether oxygens (including phenoxy) is 1. The van der Waals surface area contributed by atoms with E-state index >= 15 is 0 Å². The highest BCUT2D eigenvalue weighted by Crippen LogP contribution is 2.32. The van der Waals surface area contributed by atoms with Gasteiger partial charge in [-0.05, 0) is 32.0 Å². The van der Waals surface area contributed by atoms with E-state index in [1.165, 1.54) is 0 Å². The van der Waals surface area contributed by atoms with Crippen LogP contribution in [-0.2, 0) is 15.7 Å². The number of rotatable bonds is 4. The third kappa shape index (κ3) is 4.13. The van der Waals surface area contributed by atoms with Crippen molar-refractivity contribution in [3.05, 3.63) is 23.8 Å². The molecule has 0 bridgehead atoms. The lowest BCUT2D eigenvalue weighted by atomic mass is 10.1. The Morgan fingerprint density at radius 1 is 1.47 bits per heavy atom. The van der Waals surface area contributed by atoms with Gasteiger partial charge in [0.2, 0.25) is 0 Å². The molecule has 106 valence electrons. The van der Waals surface area contributed by atoms with Gasteiger partial charge in [0, 0.05) is 6.61 Å². The Balaban J connectivity index is 2.84. The van der Waals surface area contributed by atoms with Crippen LogP contribution in [-0.4, -0.2) is 18.6 Å². The summed E-state index contributed by atoms with van der Waals surface area (Å²) in [6.45, 7) is 3.63. The Morgan fingerprint density at radius 3 is 2.58 bits per heavy atom. The summed E-state index contributed by atoms with van der Waals surface area (Å²) in [6, 6.07) is 2.76. The van der Waals surface area contributed by atoms with Crippen molar-refractivity contribution in [1.82, 2.24) is 0 Å². The highest BCUT2D eigenvalue weighted by Gasteiger charge is 2.31. The molecule has 0 aromatic heterocycles. The van der Waals surface area contributed by atoms with Crippen LogP contribution in [0.1, 0.15) is 19.4 Å². The number of hydrogen-bond donors (Lipinski definition) is 2. The molecule has 19 heavy (non-hydrogen) atoms. The molecular weight excluding hydrogens is 261 g/mol. The molecule has 7 heteroatoms. The normalized spacial score (nSPS) is 13.1. The molecule has 1 atom stereocenters. The molecule has 1 amide bonds. The van der Waals surface area contributed by atoms with Crippen molar-refractivity contribution in [2.75, 3.05) is 17.7 Å². The second-order valence-electron chi connectivity index (χ2n) is 3.89. The van der Waals surface area contributed by atoms with Gasteiger partial charge in [-0.25, -0.2) is 0 Å². The average Bonchev–Trinajstić information content (AvgIpc) is 2.30. The number of carbonyl (C=O) groups is 1. The SMILES string of the molecule is CCOC(C)C(=O)Nc1ccc(C(F)(F)F)cc1N. The Hall–Kier alpha value is -1.76. The summed E-state index contributed by atoms with van der Waals surface area (Å²) in [4.78, 5) is 11.6. The van der Waals surface area contributed by atoms with Crippen molar-refractivity contribution in [3.8, 4) is 0 Å². The molecule has 1 aromatic rings. The van der Waals surface area contributed by atoms with E-state index < -0.39 is 23.8 Å². The lowest BCUT2D eigenvalue weighted by Crippen LogP contribution is -2.28. The van der Waals surface area contributed by atoms with E-state index in [2.05, 4.69) is 5.32 Å². The minimum Gasteiger partial charge on any atom is -0.397 e. The summed E-state index contributed by atoms with van der Waals surface area (Å²) >= 11 is 0. The van der Waals surface area contributed by atoms with Crippen LogP contribution in [0.25, 0.3) is 0 Å². The predicted molar refractivity (Wildman–Crippen MR) is 65.6 cm³/mol. The quantitative estimate of drug-likeness (QED) is 0.831. The largest absolute Gasteiger partial charge is 0.416 e. The molecule has 0 aliphatic heterocycles. The smallest absolute Gasteiger partial charge is 0.397 e. The molecule has 3 N–H and O–H groups in total. The van der Waals surface area contributed by atoms with Gasteiger partial charge in [0.1, 0.15) is 6.10 Å². The number of halogens is 3. The van der Waals surface area contributed by atoms with Gasteiger partial charge in [-0.3, -0.25) is 4.79 Å². The molecule has 1 aromatic carbocycles. The third-order valence-electron chi connectivity index (χ3n) is 2.42. The first-order valence-electron chi connectivity index (χ1n) is 5.65. The highest BCUT2D eigenvalue weighted by molar-refractivity contribution is 5.96. The first-order valence-corrected chi connectivity index (χ1v) is 5.65. The lowest BCUT2D eigenvalue weighted by Gasteiger charge is -2.14.